The van der Waals surface area contributed by atoms with Crippen molar-refractivity contribution >= 4 is 16.1 Å². The lowest BCUT2D eigenvalue weighted by atomic mass is 10.00. The van der Waals surface area contributed by atoms with E-state index in [0.29, 0.717) is 30.5 Å². The Morgan fingerprint density at radius 3 is 2.76 bits per heavy atom. The Morgan fingerprint density at radius 2 is 2.00 bits per heavy atom. The molecule has 2 aromatic rings. The molecule has 0 saturated heterocycles. The molecular formula is C22H31N5O5S. The maximum absolute atomic E-state index is 11.0. The fraction of sp³-hybridized carbons (Fsp3) is 0.545. The lowest BCUT2D eigenvalue weighted by molar-refractivity contribution is 0.0986. The quantitative estimate of drug-likeness (QED) is 0.484. The topological polar surface area (TPSA) is 140 Å². The molecule has 1 aromatic carbocycles. The third-order valence-corrected chi connectivity index (χ3v) is 6.70. The zero-order valence-electron chi connectivity index (χ0n) is 18.8. The molecule has 1 heterocycles. The Balaban J connectivity index is 1.42. The minimum absolute atomic E-state index is 0.124. The molecule has 5 atom stereocenters. The normalized spacial score (nSPS) is 27.0. The fourth-order valence-electron chi connectivity index (χ4n) is 4.84. The first-order valence-corrected chi connectivity index (χ1v) is 12.5. The van der Waals surface area contributed by atoms with Gasteiger partial charge in [-0.3, -0.25) is 4.18 Å². The van der Waals surface area contributed by atoms with Gasteiger partial charge in [-0.2, -0.15) is 8.42 Å². The number of benzene rings is 1. The Bertz CT molecular complexity index is 1070. The highest BCUT2D eigenvalue weighted by Gasteiger charge is 2.36. The Labute approximate surface area is 194 Å². The van der Waals surface area contributed by atoms with Gasteiger partial charge < -0.3 is 20.1 Å². The molecule has 180 valence electrons. The summed E-state index contributed by atoms with van der Waals surface area (Å²) in [6.07, 6.45) is 2.19. The van der Waals surface area contributed by atoms with Crippen molar-refractivity contribution in [3.8, 4) is 5.88 Å². The van der Waals surface area contributed by atoms with E-state index in [-0.39, 0.29) is 24.7 Å². The van der Waals surface area contributed by atoms with E-state index in [1.165, 1.54) is 17.5 Å². The number of ether oxygens (including phenoxy) is 1. The number of anilines is 1. The molecule has 1 fully saturated rings. The van der Waals surface area contributed by atoms with Crippen LogP contribution in [-0.2, 0) is 20.9 Å². The first-order valence-electron chi connectivity index (χ1n) is 11.0. The number of nitrogens with one attached hydrogen (secondary N) is 1. The zero-order valence-corrected chi connectivity index (χ0v) is 19.6. The highest BCUT2D eigenvalue weighted by molar-refractivity contribution is 7.84. The molecule has 11 heteroatoms. The highest BCUT2D eigenvalue weighted by Crippen LogP contribution is 2.39. The molecule has 4 N–H and O–H groups in total. The molecule has 2 aliphatic rings. The van der Waals surface area contributed by atoms with E-state index in [1.807, 2.05) is 0 Å². The maximum Gasteiger partial charge on any atom is 0.333 e. The zero-order chi connectivity index (χ0) is 23.6. The second kappa shape index (κ2) is 9.90. The number of nitrogens with zero attached hydrogens (tertiary/aromatic N) is 3. The first-order chi connectivity index (χ1) is 15.7. The summed E-state index contributed by atoms with van der Waals surface area (Å²) < 4.78 is 32.7. The van der Waals surface area contributed by atoms with E-state index in [9.17, 15) is 13.5 Å². The van der Waals surface area contributed by atoms with Crippen LogP contribution < -0.4 is 15.2 Å². The minimum Gasteiger partial charge on any atom is -0.474 e. The van der Waals surface area contributed by atoms with Gasteiger partial charge in [0.05, 0.1) is 18.8 Å². The van der Waals surface area contributed by atoms with Crippen LogP contribution in [0.3, 0.4) is 0 Å². The average molecular weight is 478 g/mol. The second-order valence-electron chi connectivity index (χ2n) is 9.10. The number of nitrogens with two attached hydrogens (primary N) is 1. The third kappa shape index (κ3) is 6.18. The summed E-state index contributed by atoms with van der Waals surface area (Å²) in [5, 5.41) is 18.7. The Morgan fingerprint density at radius 1 is 1.21 bits per heavy atom. The molecule has 2 aliphatic carbocycles. The van der Waals surface area contributed by atoms with Crippen molar-refractivity contribution in [3.63, 3.8) is 0 Å². The molecule has 10 nitrogen and oxygen atoms in total. The summed E-state index contributed by atoms with van der Waals surface area (Å²) in [6, 6.07) is 10.3. The van der Waals surface area contributed by atoms with Crippen molar-refractivity contribution in [2.24, 2.45) is 17.0 Å². The molecule has 0 spiro atoms. The predicted octanol–water partition coefficient (Wildman–Crippen LogP) is 1.10. The van der Waals surface area contributed by atoms with E-state index in [4.69, 9.17) is 9.88 Å². The Kier molecular flexibility index (Phi) is 7.15. The van der Waals surface area contributed by atoms with Crippen LogP contribution >= 0.6 is 0 Å². The van der Waals surface area contributed by atoms with E-state index in [0.717, 1.165) is 13.0 Å². The number of aliphatic hydroxyl groups excluding tert-OH is 1. The Hall–Kier alpha value is -2.31. The largest absolute Gasteiger partial charge is 0.474 e. The van der Waals surface area contributed by atoms with Gasteiger partial charge in [0.2, 0.25) is 5.88 Å². The van der Waals surface area contributed by atoms with E-state index in [1.54, 1.807) is 6.07 Å². The van der Waals surface area contributed by atoms with Gasteiger partial charge in [0.25, 0.3) is 0 Å². The lowest BCUT2D eigenvalue weighted by Gasteiger charge is -2.25. The maximum atomic E-state index is 11.0. The molecule has 0 amide bonds. The van der Waals surface area contributed by atoms with Crippen LogP contribution in [0.5, 0.6) is 5.88 Å². The van der Waals surface area contributed by atoms with Gasteiger partial charge in [-0.05, 0) is 38.1 Å². The fourth-order valence-corrected chi connectivity index (χ4v) is 5.20. The van der Waals surface area contributed by atoms with Crippen LogP contribution in [0.25, 0.3) is 0 Å². The van der Waals surface area contributed by atoms with Gasteiger partial charge in [0.1, 0.15) is 18.2 Å². The molecule has 33 heavy (non-hydrogen) atoms. The van der Waals surface area contributed by atoms with Crippen molar-refractivity contribution in [1.29, 1.82) is 0 Å². The van der Waals surface area contributed by atoms with Crippen LogP contribution in [0, 0.1) is 11.8 Å². The highest BCUT2D eigenvalue weighted by atomic mass is 32.2. The SMILES string of the molecule is CN(C)C[C@@H]1Cc2ccccc2[C@@H]1Nc1cc(O[C@H]2C[C@H](COS(N)(=O)=O)[C@H](O)C2)ncn1. The molecular weight excluding hydrogens is 446 g/mol. The van der Waals surface area contributed by atoms with Crippen LogP contribution in [-0.4, -0.2) is 67.8 Å². The summed E-state index contributed by atoms with van der Waals surface area (Å²) >= 11 is 0. The molecule has 0 bridgehead atoms. The third-order valence-electron chi connectivity index (χ3n) is 6.24. The molecule has 0 radical (unpaired) electrons. The van der Waals surface area contributed by atoms with Crippen LogP contribution in [0.2, 0.25) is 0 Å². The molecule has 1 saturated carbocycles. The number of rotatable bonds is 9. The minimum atomic E-state index is -4.05. The molecule has 0 unspecified atom stereocenters. The summed E-state index contributed by atoms with van der Waals surface area (Å²) in [6.45, 7) is 0.771. The van der Waals surface area contributed by atoms with Crippen molar-refractivity contribution in [3.05, 3.63) is 47.8 Å². The van der Waals surface area contributed by atoms with Gasteiger partial charge in [-0.25, -0.2) is 15.1 Å². The predicted molar refractivity (Wildman–Crippen MR) is 123 cm³/mol. The van der Waals surface area contributed by atoms with Gasteiger partial charge in [0.15, 0.2) is 0 Å². The van der Waals surface area contributed by atoms with E-state index < -0.39 is 16.4 Å². The first kappa shape index (κ1) is 23.8. The summed E-state index contributed by atoms with van der Waals surface area (Å²) in [5.74, 6) is 1.09. The molecule has 4 rings (SSSR count). The van der Waals surface area contributed by atoms with Gasteiger partial charge >= 0.3 is 10.3 Å². The molecule has 1 aromatic heterocycles. The number of fused-ring (bicyclic) bond motifs is 1. The smallest absolute Gasteiger partial charge is 0.333 e. The standard InChI is InChI=1S/C22H31N5O5S/c1-27(2)11-15-7-14-5-3-4-6-18(14)22(15)26-20-10-21(25-13-24-20)32-17-8-16(19(28)9-17)12-31-33(23,29)30/h3-6,10,13,15-17,19,22,28H,7-9,11-12H2,1-2H3,(H2,23,29,30)(H,24,25,26)/t15-,16+,17-,19+,22+/m0/s1. The summed E-state index contributed by atoms with van der Waals surface area (Å²) in [4.78, 5) is 10.8. The van der Waals surface area contributed by atoms with E-state index in [2.05, 4.69) is 62.7 Å². The lowest BCUT2D eigenvalue weighted by Crippen LogP contribution is -2.28. The van der Waals surface area contributed by atoms with Gasteiger partial charge in [-0.1, -0.05) is 24.3 Å². The van der Waals surface area contributed by atoms with Crippen molar-refractivity contribution in [2.45, 2.75) is 37.5 Å². The van der Waals surface area contributed by atoms with Crippen molar-refractivity contribution in [2.75, 3.05) is 32.6 Å². The summed E-state index contributed by atoms with van der Waals surface area (Å²) in [5.41, 5.74) is 2.63. The van der Waals surface area contributed by atoms with Crippen molar-refractivity contribution in [1.82, 2.24) is 14.9 Å². The van der Waals surface area contributed by atoms with Crippen LogP contribution in [0.4, 0.5) is 5.82 Å². The van der Waals surface area contributed by atoms with Crippen LogP contribution in [0.1, 0.15) is 30.0 Å². The number of hydrogen-bond acceptors (Lipinski definition) is 9. The van der Waals surface area contributed by atoms with Crippen molar-refractivity contribution < 1.29 is 22.4 Å². The number of aromatic nitrogens is 2. The van der Waals surface area contributed by atoms with Crippen LogP contribution in [0.15, 0.2) is 36.7 Å². The second-order valence-corrected chi connectivity index (χ2v) is 10.3. The van der Waals surface area contributed by atoms with Gasteiger partial charge in [0, 0.05) is 30.9 Å². The van der Waals surface area contributed by atoms with Gasteiger partial charge in [-0.15, -0.1) is 0 Å². The number of hydrogen-bond donors (Lipinski definition) is 3. The molecule has 0 aliphatic heterocycles. The monoisotopic (exact) mass is 477 g/mol. The average Bonchev–Trinajstić information content (AvgIpc) is 3.25. The number of aliphatic hydroxyl groups is 1. The van der Waals surface area contributed by atoms with E-state index >= 15 is 0 Å². The summed E-state index contributed by atoms with van der Waals surface area (Å²) in [7, 11) is 0.109.